The molecular formula is C26H23ClN2O3. The fourth-order valence-corrected chi connectivity index (χ4v) is 3.84. The molecule has 3 aromatic rings. The molecule has 0 saturated carbocycles. The molecule has 0 aliphatic carbocycles. The molecule has 1 N–H and O–H groups in total. The van der Waals surface area contributed by atoms with Crippen molar-refractivity contribution in [3.63, 3.8) is 0 Å². The number of halogens is 1. The van der Waals surface area contributed by atoms with Crippen LogP contribution in [0.3, 0.4) is 0 Å². The Morgan fingerprint density at radius 3 is 2.16 bits per heavy atom. The maximum atomic E-state index is 13.6. The van der Waals surface area contributed by atoms with Crippen molar-refractivity contribution in [3.8, 4) is 5.75 Å². The number of carbonyl (C=O) groups excluding carboxylic acids is 2. The normalized spacial score (nSPS) is 13.7. The van der Waals surface area contributed by atoms with Gasteiger partial charge in [0, 0.05) is 10.7 Å². The largest absolute Gasteiger partial charge is 0.497 e. The van der Waals surface area contributed by atoms with Crippen molar-refractivity contribution in [1.82, 2.24) is 0 Å². The lowest BCUT2D eigenvalue weighted by molar-refractivity contribution is -0.120. The number of hydrogen-bond acceptors (Lipinski definition) is 4. The van der Waals surface area contributed by atoms with Crippen LogP contribution in [-0.2, 0) is 9.59 Å². The van der Waals surface area contributed by atoms with Gasteiger partial charge >= 0.3 is 0 Å². The van der Waals surface area contributed by atoms with Crippen molar-refractivity contribution in [2.24, 2.45) is 0 Å². The number of aryl methyl sites for hydroxylation is 3. The minimum absolute atomic E-state index is 0.225. The van der Waals surface area contributed by atoms with Crippen LogP contribution < -0.4 is 15.0 Å². The van der Waals surface area contributed by atoms with E-state index in [1.54, 1.807) is 49.6 Å². The molecule has 162 valence electrons. The Bertz CT molecular complexity index is 1260. The van der Waals surface area contributed by atoms with Crippen LogP contribution in [0.4, 0.5) is 11.4 Å². The number of hydrogen-bond donors (Lipinski definition) is 1. The van der Waals surface area contributed by atoms with E-state index >= 15 is 0 Å². The molecule has 1 aliphatic rings. The monoisotopic (exact) mass is 446 g/mol. The number of carbonyl (C=O) groups is 2. The standard InChI is InChI=1S/C26H23ClN2O3/c1-15-6-10-20(13-17(15)3)28-24-23(18-7-11-21(32-4)12-8-18)25(30)29(26(24)31)22-14-19(27)9-5-16(22)2/h5-14,28H,1-4H3. The fraction of sp³-hybridized carbons (Fsp3) is 0.154. The third kappa shape index (κ3) is 3.87. The molecule has 0 fully saturated rings. The molecule has 1 aliphatic heterocycles. The Morgan fingerprint density at radius 2 is 1.50 bits per heavy atom. The van der Waals surface area contributed by atoms with Crippen LogP contribution in [0.25, 0.3) is 5.57 Å². The Morgan fingerprint density at radius 1 is 0.812 bits per heavy atom. The van der Waals surface area contributed by atoms with E-state index in [2.05, 4.69) is 5.32 Å². The summed E-state index contributed by atoms with van der Waals surface area (Å²) in [5, 5.41) is 3.66. The number of methoxy groups -OCH3 is 1. The Labute approximate surface area is 192 Å². The molecule has 0 unspecified atom stereocenters. The summed E-state index contributed by atoms with van der Waals surface area (Å²) in [6, 6.07) is 18.1. The molecule has 5 nitrogen and oxygen atoms in total. The van der Waals surface area contributed by atoms with Crippen LogP contribution >= 0.6 is 11.6 Å². The zero-order valence-corrected chi connectivity index (χ0v) is 19.1. The SMILES string of the molecule is COc1ccc(C2=C(Nc3ccc(C)c(C)c3)C(=O)N(c3cc(Cl)ccc3C)C2=O)cc1. The highest BCUT2D eigenvalue weighted by atomic mass is 35.5. The number of rotatable bonds is 5. The van der Waals surface area contributed by atoms with E-state index in [0.717, 1.165) is 22.4 Å². The number of benzene rings is 3. The lowest BCUT2D eigenvalue weighted by Crippen LogP contribution is -2.33. The van der Waals surface area contributed by atoms with Gasteiger partial charge in [0.25, 0.3) is 11.8 Å². The summed E-state index contributed by atoms with van der Waals surface area (Å²) in [7, 11) is 1.58. The number of ether oxygens (including phenoxy) is 1. The van der Waals surface area contributed by atoms with Crippen molar-refractivity contribution in [2.45, 2.75) is 20.8 Å². The topological polar surface area (TPSA) is 58.6 Å². The minimum atomic E-state index is -0.426. The second-order valence-corrected chi connectivity index (χ2v) is 8.22. The van der Waals surface area contributed by atoms with Crippen molar-refractivity contribution in [1.29, 1.82) is 0 Å². The molecule has 0 bridgehead atoms. The van der Waals surface area contributed by atoms with Gasteiger partial charge in [-0.25, -0.2) is 4.90 Å². The van der Waals surface area contributed by atoms with E-state index < -0.39 is 11.8 Å². The smallest absolute Gasteiger partial charge is 0.282 e. The average Bonchev–Trinajstić information content (AvgIpc) is 3.02. The third-order valence-electron chi connectivity index (χ3n) is 5.65. The van der Waals surface area contributed by atoms with Gasteiger partial charge in [-0.3, -0.25) is 9.59 Å². The molecule has 0 atom stereocenters. The number of anilines is 2. The summed E-state index contributed by atoms with van der Waals surface area (Å²) in [6.07, 6.45) is 0. The van der Waals surface area contributed by atoms with E-state index in [9.17, 15) is 9.59 Å². The first kappa shape index (κ1) is 21.7. The van der Waals surface area contributed by atoms with Gasteiger partial charge in [0.05, 0.1) is 18.4 Å². The molecule has 0 aromatic heterocycles. The van der Waals surface area contributed by atoms with Gasteiger partial charge in [0.2, 0.25) is 0 Å². The number of amides is 2. The van der Waals surface area contributed by atoms with Gasteiger partial charge in [-0.2, -0.15) is 0 Å². The molecule has 0 spiro atoms. The second kappa shape index (κ2) is 8.52. The molecular weight excluding hydrogens is 424 g/mol. The van der Waals surface area contributed by atoms with Gasteiger partial charge in [-0.15, -0.1) is 0 Å². The molecule has 2 amide bonds. The van der Waals surface area contributed by atoms with E-state index in [1.807, 2.05) is 39.0 Å². The molecule has 0 saturated heterocycles. The highest BCUT2D eigenvalue weighted by Gasteiger charge is 2.41. The van der Waals surface area contributed by atoms with Crippen molar-refractivity contribution >= 4 is 40.4 Å². The number of nitrogens with zero attached hydrogens (tertiary/aromatic N) is 1. The van der Waals surface area contributed by atoms with Crippen LogP contribution in [0.5, 0.6) is 5.75 Å². The second-order valence-electron chi connectivity index (χ2n) is 7.78. The van der Waals surface area contributed by atoms with Crippen LogP contribution in [0.15, 0.2) is 66.4 Å². The molecule has 6 heteroatoms. The Hall–Kier alpha value is -3.57. The van der Waals surface area contributed by atoms with E-state index in [1.165, 1.54) is 4.90 Å². The summed E-state index contributed by atoms with van der Waals surface area (Å²) in [4.78, 5) is 28.3. The lowest BCUT2D eigenvalue weighted by Gasteiger charge is -2.18. The zero-order valence-electron chi connectivity index (χ0n) is 18.3. The van der Waals surface area contributed by atoms with Gasteiger partial charge in [-0.05, 0) is 79.4 Å². The summed E-state index contributed by atoms with van der Waals surface area (Å²) in [5.41, 5.74) is 5.36. The molecule has 3 aromatic carbocycles. The number of imide groups is 1. The highest BCUT2D eigenvalue weighted by Crippen LogP contribution is 2.36. The molecule has 32 heavy (non-hydrogen) atoms. The van der Waals surface area contributed by atoms with Gasteiger partial charge in [-0.1, -0.05) is 35.9 Å². The summed E-state index contributed by atoms with van der Waals surface area (Å²) in [6.45, 7) is 5.87. The Balaban J connectivity index is 1.84. The van der Waals surface area contributed by atoms with Crippen LogP contribution in [-0.4, -0.2) is 18.9 Å². The predicted octanol–water partition coefficient (Wildman–Crippen LogP) is 5.67. The first-order chi connectivity index (χ1) is 15.3. The van der Waals surface area contributed by atoms with E-state index in [-0.39, 0.29) is 5.70 Å². The maximum absolute atomic E-state index is 13.6. The lowest BCUT2D eigenvalue weighted by atomic mass is 10.0. The summed E-state index contributed by atoms with van der Waals surface area (Å²) >= 11 is 6.18. The minimum Gasteiger partial charge on any atom is -0.497 e. The average molecular weight is 447 g/mol. The van der Waals surface area contributed by atoms with E-state index in [0.29, 0.717) is 27.6 Å². The first-order valence-corrected chi connectivity index (χ1v) is 10.6. The predicted molar refractivity (Wildman–Crippen MR) is 128 cm³/mol. The van der Waals surface area contributed by atoms with Crippen LogP contribution in [0.1, 0.15) is 22.3 Å². The van der Waals surface area contributed by atoms with E-state index in [4.69, 9.17) is 16.3 Å². The van der Waals surface area contributed by atoms with Gasteiger partial charge in [0.15, 0.2) is 0 Å². The quantitative estimate of drug-likeness (QED) is 0.513. The van der Waals surface area contributed by atoms with Gasteiger partial charge < -0.3 is 10.1 Å². The third-order valence-corrected chi connectivity index (χ3v) is 5.89. The zero-order chi connectivity index (χ0) is 23.0. The molecule has 1 heterocycles. The highest BCUT2D eigenvalue weighted by molar-refractivity contribution is 6.46. The number of nitrogens with one attached hydrogen (secondary N) is 1. The van der Waals surface area contributed by atoms with Crippen molar-refractivity contribution in [2.75, 3.05) is 17.3 Å². The maximum Gasteiger partial charge on any atom is 0.282 e. The molecule has 4 rings (SSSR count). The van der Waals surface area contributed by atoms with Gasteiger partial charge in [0.1, 0.15) is 11.4 Å². The molecule has 0 radical (unpaired) electrons. The Kier molecular flexibility index (Phi) is 5.76. The van der Waals surface area contributed by atoms with Crippen LogP contribution in [0, 0.1) is 20.8 Å². The fourth-order valence-electron chi connectivity index (χ4n) is 3.68. The van der Waals surface area contributed by atoms with Crippen molar-refractivity contribution < 1.29 is 14.3 Å². The summed E-state index contributed by atoms with van der Waals surface area (Å²) in [5.74, 6) is -0.168. The van der Waals surface area contributed by atoms with Crippen LogP contribution in [0.2, 0.25) is 5.02 Å². The van der Waals surface area contributed by atoms with Crippen molar-refractivity contribution in [3.05, 3.63) is 93.6 Å². The summed E-state index contributed by atoms with van der Waals surface area (Å²) < 4.78 is 5.24. The first-order valence-electron chi connectivity index (χ1n) is 10.2.